The molecule has 5 heteroatoms. The molecule has 3 heterocycles. The van der Waals surface area contributed by atoms with Crippen LogP contribution < -0.4 is 4.90 Å². The number of hydrogen-bond acceptors (Lipinski definition) is 4. The third-order valence-corrected chi connectivity index (χ3v) is 7.66. The van der Waals surface area contributed by atoms with Crippen LogP contribution in [0.3, 0.4) is 0 Å². The normalized spacial score (nSPS) is 23.0. The Labute approximate surface area is 192 Å². The molecular formula is C27H37N3O2. The molecule has 5 nitrogen and oxygen atoms in total. The predicted molar refractivity (Wildman–Crippen MR) is 129 cm³/mol. The van der Waals surface area contributed by atoms with Gasteiger partial charge in [-0.2, -0.15) is 0 Å². The molecule has 0 bridgehead atoms. The molecule has 2 fully saturated rings. The molecule has 1 N–H and O–H groups in total. The largest absolute Gasteiger partial charge is 0.380 e. The van der Waals surface area contributed by atoms with Crippen molar-refractivity contribution in [1.29, 1.82) is 0 Å². The summed E-state index contributed by atoms with van der Waals surface area (Å²) in [7, 11) is 2.08. The first-order chi connectivity index (χ1) is 15.0. The zero-order chi connectivity index (χ0) is 23.3. The van der Waals surface area contributed by atoms with Crippen LogP contribution in [0.4, 0.5) is 5.69 Å². The minimum atomic E-state index is -1.20. The molecule has 1 aromatic heterocycles. The maximum Gasteiger partial charge on any atom is 0.227 e. The number of pyridine rings is 1. The zero-order valence-electron chi connectivity index (χ0n) is 20.3. The number of likely N-dealkylation sites (tertiary alicyclic amines) is 1. The van der Waals surface area contributed by atoms with E-state index >= 15 is 0 Å². The third kappa shape index (κ3) is 3.75. The van der Waals surface area contributed by atoms with Crippen molar-refractivity contribution in [2.45, 2.75) is 52.6 Å². The second-order valence-corrected chi connectivity index (χ2v) is 10.9. The van der Waals surface area contributed by atoms with E-state index in [1.165, 1.54) is 5.56 Å². The second kappa shape index (κ2) is 8.27. The van der Waals surface area contributed by atoms with Gasteiger partial charge in [0.25, 0.3) is 0 Å². The van der Waals surface area contributed by atoms with Gasteiger partial charge in [-0.3, -0.25) is 9.78 Å². The zero-order valence-corrected chi connectivity index (χ0v) is 20.3. The van der Waals surface area contributed by atoms with E-state index in [9.17, 15) is 9.90 Å². The van der Waals surface area contributed by atoms with Crippen molar-refractivity contribution >= 4 is 11.6 Å². The molecule has 4 rings (SSSR count). The Hall–Kier alpha value is -2.24. The monoisotopic (exact) mass is 435 g/mol. The molecule has 2 unspecified atom stereocenters. The molecule has 2 aliphatic rings. The number of aromatic nitrogens is 1. The van der Waals surface area contributed by atoms with E-state index in [0.717, 1.165) is 29.9 Å². The highest BCUT2D eigenvalue weighted by Gasteiger charge is 2.55. The van der Waals surface area contributed by atoms with E-state index in [1.807, 2.05) is 11.0 Å². The Balaban J connectivity index is 1.76. The van der Waals surface area contributed by atoms with Crippen molar-refractivity contribution in [3.8, 4) is 0 Å². The van der Waals surface area contributed by atoms with Crippen LogP contribution in [-0.4, -0.2) is 47.6 Å². The molecule has 32 heavy (non-hydrogen) atoms. The van der Waals surface area contributed by atoms with Gasteiger partial charge in [-0.05, 0) is 42.0 Å². The SMILES string of the molecule is CC(C)c1ccc(C(O)(c2cncc(N3CC(C(C)C)CC3=O)c2)C2(C)CN(C)C2)cc1. The van der Waals surface area contributed by atoms with Crippen molar-refractivity contribution in [2.75, 3.05) is 31.6 Å². The Morgan fingerprint density at radius 1 is 1.09 bits per heavy atom. The molecule has 0 aliphatic carbocycles. The summed E-state index contributed by atoms with van der Waals surface area (Å²) in [5.74, 6) is 1.39. The number of carbonyl (C=O) groups is 1. The number of nitrogens with zero attached hydrogens (tertiary/aromatic N) is 3. The fourth-order valence-corrected chi connectivity index (χ4v) is 5.55. The predicted octanol–water partition coefficient (Wildman–Crippen LogP) is 4.40. The summed E-state index contributed by atoms with van der Waals surface area (Å²) in [6.45, 7) is 13.1. The smallest absolute Gasteiger partial charge is 0.227 e. The molecule has 172 valence electrons. The van der Waals surface area contributed by atoms with Crippen LogP contribution in [0.25, 0.3) is 0 Å². The van der Waals surface area contributed by atoms with E-state index < -0.39 is 5.60 Å². The summed E-state index contributed by atoms with van der Waals surface area (Å²) in [6, 6.07) is 10.3. The highest BCUT2D eigenvalue weighted by molar-refractivity contribution is 5.95. The molecule has 2 aromatic rings. The van der Waals surface area contributed by atoms with Gasteiger partial charge >= 0.3 is 0 Å². The van der Waals surface area contributed by atoms with Crippen molar-refractivity contribution in [3.63, 3.8) is 0 Å². The van der Waals surface area contributed by atoms with Crippen LogP contribution >= 0.6 is 0 Å². The Kier molecular flexibility index (Phi) is 5.93. The first-order valence-corrected chi connectivity index (χ1v) is 11.8. The van der Waals surface area contributed by atoms with Crippen molar-refractivity contribution in [1.82, 2.24) is 9.88 Å². The lowest BCUT2D eigenvalue weighted by Gasteiger charge is -2.56. The van der Waals surface area contributed by atoms with Crippen LogP contribution in [0.15, 0.2) is 42.7 Å². The van der Waals surface area contributed by atoms with Gasteiger partial charge in [0.2, 0.25) is 5.91 Å². The number of carbonyl (C=O) groups excluding carboxylic acids is 1. The van der Waals surface area contributed by atoms with Gasteiger partial charge < -0.3 is 14.9 Å². The summed E-state index contributed by atoms with van der Waals surface area (Å²) in [4.78, 5) is 21.3. The Morgan fingerprint density at radius 2 is 1.75 bits per heavy atom. The average Bonchev–Trinajstić information content (AvgIpc) is 3.14. The minimum Gasteiger partial charge on any atom is -0.380 e. The van der Waals surface area contributed by atoms with Crippen molar-refractivity contribution < 1.29 is 9.90 Å². The number of hydrogen-bond donors (Lipinski definition) is 1. The maximum absolute atomic E-state index is 12.8. The summed E-state index contributed by atoms with van der Waals surface area (Å²) < 4.78 is 0. The summed E-state index contributed by atoms with van der Waals surface area (Å²) >= 11 is 0. The summed E-state index contributed by atoms with van der Waals surface area (Å²) in [6.07, 6.45) is 4.09. The first-order valence-electron chi connectivity index (χ1n) is 11.8. The van der Waals surface area contributed by atoms with Crippen LogP contribution in [0, 0.1) is 17.3 Å². The number of anilines is 1. The Morgan fingerprint density at radius 3 is 2.28 bits per heavy atom. The van der Waals surface area contributed by atoms with Crippen molar-refractivity contribution in [3.05, 3.63) is 59.4 Å². The molecular weight excluding hydrogens is 398 g/mol. The molecule has 2 atom stereocenters. The van der Waals surface area contributed by atoms with Gasteiger partial charge in [-0.1, -0.05) is 58.9 Å². The van der Waals surface area contributed by atoms with Gasteiger partial charge in [-0.25, -0.2) is 0 Å². The number of rotatable bonds is 6. The van der Waals surface area contributed by atoms with Crippen LogP contribution in [0.2, 0.25) is 0 Å². The summed E-state index contributed by atoms with van der Waals surface area (Å²) in [5, 5.41) is 12.4. The Bertz CT molecular complexity index is 979. The van der Waals surface area contributed by atoms with Crippen molar-refractivity contribution in [2.24, 2.45) is 17.3 Å². The van der Waals surface area contributed by atoms with Gasteiger partial charge in [-0.15, -0.1) is 0 Å². The van der Waals surface area contributed by atoms with E-state index in [0.29, 0.717) is 30.7 Å². The highest BCUT2D eigenvalue weighted by atomic mass is 16.3. The number of benzene rings is 1. The van der Waals surface area contributed by atoms with Crippen LogP contribution in [-0.2, 0) is 10.4 Å². The fourth-order valence-electron chi connectivity index (χ4n) is 5.55. The molecule has 0 spiro atoms. The quantitative estimate of drug-likeness (QED) is 0.731. The molecule has 1 amide bonds. The highest BCUT2D eigenvalue weighted by Crippen LogP contribution is 2.50. The first kappa shape index (κ1) is 22.9. The van der Waals surface area contributed by atoms with Gasteiger partial charge in [0.1, 0.15) is 5.60 Å². The van der Waals surface area contributed by atoms with E-state index in [-0.39, 0.29) is 11.3 Å². The lowest BCUT2D eigenvalue weighted by molar-refractivity contribution is -0.127. The van der Waals surface area contributed by atoms with Crippen LogP contribution in [0.1, 0.15) is 63.6 Å². The molecule has 1 aromatic carbocycles. The third-order valence-electron chi connectivity index (χ3n) is 7.66. The average molecular weight is 436 g/mol. The van der Waals surface area contributed by atoms with Crippen LogP contribution in [0.5, 0.6) is 0 Å². The molecule has 2 saturated heterocycles. The van der Waals surface area contributed by atoms with E-state index in [4.69, 9.17) is 0 Å². The lowest BCUT2D eigenvalue weighted by Crippen LogP contribution is -2.63. The lowest BCUT2D eigenvalue weighted by atomic mass is 9.62. The molecule has 0 saturated carbocycles. The van der Waals surface area contributed by atoms with E-state index in [2.05, 4.69) is 75.8 Å². The van der Waals surface area contributed by atoms with Gasteiger partial charge in [0.15, 0.2) is 0 Å². The van der Waals surface area contributed by atoms with Gasteiger partial charge in [0, 0.05) is 43.2 Å². The number of amides is 1. The maximum atomic E-state index is 12.8. The topological polar surface area (TPSA) is 56.7 Å². The molecule has 2 aliphatic heterocycles. The van der Waals surface area contributed by atoms with Gasteiger partial charge in [0.05, 0.1) is 11.9 Å². The summed E-state index contributed by atoms with van der Waals surface area (Å²) in [5.41, 5.74) is 2.12. The minimum absolute atomic E-state index is 0.141. The van der Waals surface area contributed by atoms with E-state index in [1.54, 1.807) is 12.4 Å². The molecule has 0 radical (unpaired) electrons. The second-order valence-electron chi connectivity index (χ2n) is 10.9. The standard InChI is InChI=1S/C27H37N3O2/c1-18(2)20-7-9-22(10-8-20)27(32,26(5)16-29(6)17-26)23-12-24(14-28-13-23)30-15-21(19(3)4)11-25(30)31/h7-10,12-14,18-19,21,32H,11,15-17H2,1-6H3. The number of aliphatic hydroxyl groups is 1. The fraction of sp³-hybridized carbons (Fsp3) is 0.556.